The predicted molar refractivity (Wildman–Crippen MR) is 78.6 cm³/mol. The van der Waals surface area contributed by atoms with Crippen molar-refractivity contribution in [1.82, 2.24) is 0 Å². The van der Waals surface area contributed by atoms with Crippen molar-refractivity contribution in [3.63, 3.8) is 0 Å². The van der Waals surface area contributed by atoms with Gasteiger partial charge in [-0.25, -0.2) is 4.79 Å². The van der Waals surface area contributed by atoms with Gasteiger partial charge in [-0.1, -0.05) is 6.42 Å². The fraction of sp³-hybridized carbons (Fsp3) is 0.462. The lowest BCUT2D eigenvalue weighted by Crippen LogP contribution is -2.40. The molecule has 1 fully saturated rings. The van der Waals surface area contributed by atoms with Gasteiger partial charge in [0.2, 0.25) is 0 Å². The van der Waals surface area contributed by atoms with Gasteiger partial charge in [0.1, 0.15) is 5.69 Å². The Balaban J connectivity index is 2.18. The Hall–Kier alpha value is -1.76. The highest BCUT2D eigenvalue weighted by atomic mass is 32.2. The molecule has 0 aromatic heterocycles. The number of anilines is 1. The lowest BCUT2D eigenvalue weighted by Gasteiger charge is -2.40. The van der Waals surface area contributed by atoms with Crippen molar-refractivity contribution in [2.45, 2.75) is 24.0 Å². The molecule has 0 heterocycles. The molecule has 0 atom stereocenters. The van der Waals surface area contributed by atoms with Gasteiger partial charge in [0, 0.05) is 17.4 Å². The lowest BCUT2D eigenvalue weighted by atomic mass is 9.84. The first-order chi connectivity index (χ1) is 9.47. The van der Waals surface area contributed by atoms with E-state index in [1.807, 2.05) is 6.26 Å². The van der Waals surface area contributed by atoms with Crippen LogP contribution in [0.2, 0.25) is 0 Å². The van der Waals surface area contributed by atoms with Crippen molar-refractivity contribution >= 4 is 29.1 Å². The average Bonchev–Trinajstić information content (AvgIpc) is 2.37. The summed E-state index contributed by atoms with van der Waals surface area (Å²) in [5.41, 5.74) is 0.103. The van der Waals surface area contributed by atoms with Crippen LogP contribution in [0.5, 0.6) is 0 Å². The summed E-state index contributed by atoms with van der Waals surface area (Å²) in [5.74, 6) is -1.17. The normalized spacial score (nSPS) is 16.2. The molecule has 1 aromatic carbocycles. The summed E-state index contributed by atoms with van der Waals surface area (Å²) < 4.78 is 0.152. The van der Waals surface area contributed by atoms with E-state index in [1.165, 1.54) is 18.6 Å². The van der Waals surface area contributed by atoms with Crippen LogP contribution in [0.4, 0.5) is 11.4 Å². The van der Waals surface area contributed by atoms with E-state index in [0.29, 0.717) is 12.2 Å². The Morgan fingerprint density at radius 2 is 2.25 bits per heavy atom. The maximum absolute atomic E-state index is 11.0. The molecule has 20 heavy (non-hydrogen) atoms. The van der Waals surface area contributed by atoms with E-state index in [2.05, 4.69) is 5.32 Å². The van der Waals surface area contributed by atoms with Gasteiger partial charge in [-0.3, -0.25) is 10.1 Å². The third-order valence-corrected chi connectivity index (χ3v) is 5.16. The van der Waals surface area contributed by atoms with Crippen LogP contribution < -0.4 is 5.32 Å². The number of carbonyl (C=O) groups is 1. The third kappa shape index (κ3) is 2.87. The topological polar surface area (TPSA) is 92.5 Å². The van der Waals surface area contributed by atoms with Gasteiger partial charge in [-0.05, 0) is 31.2 Å². The summed E-state index contributed by atoms with van der Waals surface area (Å²) in [5, 5.41) is 23.0. The number of hydrogen-bond donors (Lipinski definition) is 2. The zero-order chi connectivity index (χ0) is 14.8. The van der Waals surface area contributed by atoms with Crippen LogP contribution in [0.15, 0.2) is 18.2 Å². The van der Waals surface area contributed by atoms with Gasteiger partial charge < -0.3 is 10.4 Å². The van der Waals surface area contributed by atoms with Gasteiger partial charge in [0.25, 0.3) is 5.69 Å². The van der Waals surface area contributed by atoms with Gasteiger partial charge in [-0.2, -0.15) is 11.8 Å². The number of aromatic carboxylic acids is 1. The first-order valence-corrected chi connectivity index (χ1v) is 7.51. The molecule has 7 heteroatoms. The maximum Gasteiger partial charge on any atom is 0.335 e. The molecule has 0 radical (unpaired) electrons. The smallest absolute Gasteiger partial charge is 0.335 e. The first-order valence-electron chi connectivity index (χ1n) is 6.28. The molecule has 2 N–H and O–H groups in total. The van der Waals surface area contributed by atoms with E-state index in [-0.39, 0.29) is 16.0 Å². The van der Waals surface area contributed by atoms with E-state index < -0.39 is 10.9 Å². The summed E-state index contributed by atoms with van der Waals surface area (Å²) in [6, 6.07) is 3.94. The number of benzene rings is 1. The number of nitro benzene ring substituents is 1. The highest BCUT2D eigenvalue weighted by molar-refractivity contribution is 8.00. The predicted octanol–water partition coefficient (Wildman–Crippen LogP) is 2.99. The average molecular weight is 296 g/mol. The molecule has 1 saturated carbocycles. The quantitative estimate of drug-likeness (QED) is 0.619. The van der Waals surface area contributed by atoms with E-state index >= 15 is 0 Å². The second-order valence-corrected chi connectivity index (χ2v) is 6.16. The number of carboxylic acid groups (broad SMARTS) is 1. The maximum atomic E-state index is 11.0. The van der Waals surface area contributed by atoms with Crippen LogP contribution in [0, 0.1) is 10.1 Å². The van der Waals surface area contributed by atoms with Crippen molar-refractivity contribution in [2.24, 2.45) is 0 Å². The summed E-state index contributed by atoms with van der Waals surface area (Å²) in [4.78, 5) is 21.3. The van der Waals surface area contributed by atoms with Gasteiger partial charge >= 0.3 is 5.97 Å². The Labute approximate surface area is 120 Å². The molecular weight excluding hydrogens is 280 g/mol. The Bertz CT molecular complexity index is 538. The van der Waals surface area contributed by atoms with E-state index in [0.717, 1.165) is 18.9 Å². The van der Waals surface area contributed by atoms with E-state index in [1.54, 1.807) is 11.8 Å². The molecule has 1 aromatic rings. The van der Waals surface area contributed by atoms with Crippen LogP contribution in [0.1, 0.15) is 29.6 Å². The molecule has 0 unspecified atom stereocenters. The number of thioether (sulfide) groups is 1. The highest BCUT2D eigenvalue weighted by Crippen LogP contribution is 2.43. The lowest BCUT2D eigenvalue weighted by molar-refractivity contribution is -0.384. The highest BCUT2D eigenvalue weighted by Gasteiger charge is 2.36. The number of rotatable bonds is 6. The SMILES string of the molecule is CSC1(CNc2ccc(C(=O)O)cc2[N+](=O)[O-])CCC1. The van der Waals surface area contributed by atoms with Crippen LogP contribution in [-0.2, 0) is 0 Å². The molecule has 0 saturated heterocycles. The minimum atomic E-state index is -1.17. The first kappa shape index (κ1) is 14.6. The fourth-order valence-electron chi connectivity index (χ4n) is 2.25. The van der Waals surface area contributed by atoms with Crippen molar-refractivity contribution in [3.05, 3.63) is 33.9 Å². The molecule has 108 valence electrons. The molecular formula is C13H16N2O4S. The van der Waals surface area contributed by atoms with Crippen molar-refractivity contribution in [1.29, 1.82) is 0 Å². The molecule has 0 amide bonds. The molecule has 6 nitrogen and oxygen atoms in total. The summed E-state index contributed by atoms with van der Waals surface area (Å²) >= 11 is 1.77. The van der Waals surface area contributed by atoms with E-state index in [9.17, 15) is 14.9 Å². The Kier molecular flexibility index (Phi) is 4.17. The molecule has 0 aliphatic heterocycles. The van der Waals surface area contributed by atoms with Gasteiger partial charge in [0.05, 0.1) is 10.5 Å². The summed E-state index contributed by atoms with van der Waals surface area (Å²) in [7, 11) is 0. The zero-order valence-corrected chi connectivity index (χ0v) is 11.9. The van der Waals surface area contributed by atoms with Crippen LogP contribution >= 0.6 is 11.8 Å². The minimum Gasteiger partial charge on any atom is -0.478 e. The summed E-state index contributed by atoms with van der Waals surface area (Å²) in [6.45, 7) is 0.654. The van der Waals surface area contributed by atoms with Crippen molar-refractivity contribution < 1.29 is 14.8 Å². The van der Waals surface area contributed by atoms with Crippen LogP contribution in [0.3, 0.4) is 0 Å². The van der Waals surface area contributed by atoms with Gasteiger partial charge in [0.15, 0.2) is 0 Å². The number of hydrogen-bond acceptors (Lipinski definition) is 5. The van der Waals surface area contributed by atoms with E-state index in [4.69, 9.17) is 5.11 Å². The van der Waals surface area contributed by atoms with Crippen molar-refractivity contribution in [2.75, 3.05) is 18.1 Å². The number of carboxylic acids is 1. The number of nitrogens with zero attached hydrogens (tertiary/aromatic N) is 1. The number of nitro groups is 1. The Morgan fingerprint density at radius 1 is 1.55 bits per heavy atom. The second kappa shape index (κ2) is 5.70. The summed E-state index contributed by atoms with van der Waals surface area (Å²) in [6.07, 6.45) is 5.43. The van der Waals surface area contributed by atoms with Crippen LogP contribution in [0.25, 0.3) is 0 Å². The Morgan fingerprint density at radius 3 is 2.70 bits per heavy atom. The molecule has 2 rings (SSSR count). The van der Waals surface area contributed by atoms with Crippen molar-refractivity contribution in [3.8, 4) is 0 Å². The largest absolute Gasteiger partial charge is 0.478 e. The standard InChI is InChI=1S/C13H16N2O4S/c1-20-13(5-2-6-13)8-14-10-4-3-9(12(16)17)7-11(10)15(18)19/h3-4,7,14H,2,5-6,8H2,1H3,(H,16,17). The molecule has 1 aliphatic rings. The monoisotopic (exact) mass is 296 g/mol. The van der Waals surface area contributed by atoms with Crippen LogP contribution in [-0.4, -0.2) is 33.5 Å². The molecule has 1 aliphatic carbocycles. The molecule has 0 bridgehead atoms. The second-order valence-electron chi connectivity index (χ2n) is 4.89. The minimum absolute atomic E-state index is 0.0783. The van der Waals surface area contributed by atoms with Gasteiger partial charge in [-0.15, -0.1) is 0 Å². The number of nitrogens with one attached hydrogen (secondary N) is 1. The third-order valence-electron chi connectivity index (χ3n) is 3.74. The molecule has 0 spiro atoms. The fourth-order valence-corrected chi connectivity index (χ4v) is 3.16. The zero-order valence-electron chi connectivity index (χ0n) is 11.1.